The molecule has 0 unspecified atom stereocenters. The van der Waals surface area contributed by atoms with Crippen molar-refractivity contribution >= 4 is 46.6 Å². The van der Waals surface area contributed by atoms with Gasteiger partial charge in [0.25, 0.3) is 5.91 Å². The fourth-order valence-corrected chi connectivity index (χ4v) is 4.76. The zero-order valence-corrected chi connectivity index (χ0v) is 23.6. The molecule has 5 nitrogen and oxygen atoms in total. The number of carbonyl (C=O) groups is 2. The lowest BCUT2D eigenvalue weighted by atomic mass is 10.0. The number of ether oxygens (including phenoxy) is 1. The molecule has 40 heavy (non-hydrogen) atoms. The first-order chi connectivity index (χ1) is 19.3. The molecule has 0 aliphatic rings. The molecular formula is C31H26Cl3FN2O3. The number of halogens is 4. The second-order valence-corrected chi connectivity index (χ2v) is 10.3. The Morgan fingerprint density at radius 1 is 0.825 bits per heavy atom. The van der Waals surface area contributed by atoms with Crippen LogP contribution in [-0.2, 0) is 29.1 Å². The van der Waals surface area contributed by atoms with Crippen molar-refractivity contribution in [3.8, 4) is 5.75 Å². The van der Waals surface area contributed by atoms with Gasteiger partial charge in [0, 0.05) is 29.6 Å². The molecule has 1 atom stereocenters. The highest BCUT2D eigenvalue weighted by Crippen LogP contribution is 2.24. The molecule has 4 aromatic carbocycles. The van der Waals surface area contributed by atoms with Crippen molar-refractivity contribution in [2.24, 2.45) is 0 Å². The number of nitrogens with one attached hydrogen (secondary N) is 1. The second kappa shape index (κ2) is 14.2. The van der Waals surface area contributed by atoms with Gasteiger partial charge in [-0.15, -0.1) is 0 Å². The molecule has 0 spiro atoms. The summed E-state index contributed by atoms with van der Waals surface area (Å²) in [7, 11) is 0. The second-order valence-electron chi connectivity index (χ2n) is 9.03. The quantitative estimate of drug-likeness (QED) is 0.200. The maximum atomic E-state index is 13.7. The van der Waals surface area contributed by atoms with E-state index in [-0.39, 0.29) is 32.0 Å². The summed E-state index contributed by atoms with van der Waals surface area (Å²) in [6.45, 7) is -0.168. The largest absolute Gasteiger partial charge is 0.482 e. The summed E-state index contributed by atoms with van der Waals surface area (Å²) in [5.74, 6) is -0.879. The Hall–Kier alpha value is -3.58. The van der Waals surface area contributed by atoms with Crippen LogP contribution in [0.5, 0.6) is 5.75 Å². The summed E-state index contributed by atoms with van der Waals surface area (Å²) in [5.41, 5.74) is 2.19. The molecule has 0 aliphatic carbocycles. The van der Waals surface area contributed by atoms with Crippen molar-refractivity contribution in [3.63, 3.8) is 0 Å². The maximum absolute atomic E-state index is 13.7. The van der Waals surface area contributed by atoms with Gasteiger partial charge in [-0.2, -0.15) is 0 Å². The van der Waals surface area contributed by atoms with Crippen LogP contribution >= 0.6 is 34.8 Å². The fourth-order valence-electron chi connectivity index (χ4n) is 4.09. The first-order valence-electron chi connectivity index (χ1n) is 12.5. The number of amides is 2. The normalized spacial score (nSPS) is 11.5. The Bertz CT molecular complexity index is 1450. The smallest absolute Gasteiger partial charge is 0.261 e. The molecule has 4 rings (SSSR count). The Kier molecular flexibility index (Phi) is 10.4. The molecule has 0 heterocycles. The van der Waals surface area contributed by atoms with Gasteiger partial charge in [-0.3, -0.25) is 9.59 Å². The van der Waals surface area contributed by atoms with E-state index in [1.54, 1.807) is 54.6 Å². The van der Waals surface area contributed by atoms with E-state index in [0.717, 1.165) is 5.56 Å². The van der Waals surface area contributed by atoms with Gasteiger partial charge in [-0.05, 0) is 53.1 Å². The number of nitrogens with zero attached hydrogens (tertiary/aromatic N) is 1. The molecule has 0 aromatic heterocycles. The number of rotatable bonds is 11. The van der Waals surface area contributed by atoms with Crippen LogP contribution in [0.3, 0.4) is 0 Å². The van der Waals surface area contributed by atoms with Crippen molar-refractivity contribution in [2.45, 2.75) is 25.6 Å². The van der Waals surface area contributed by atoms with Crippen molar-refractivity contribution in [3.05, 3.63) is 135 Å². The minimum absolute atomic E-state index is 0.0532. The average Bonchev–Trinajstić information content (AvgIpc) is 2.95. The molecule has 0 saturated heterocycles. The molecule has 2 amide bonds. The lowest BCUT2D eigenvalue weighted by molar-refractivity contribution is -0.142. The minimum Gasteiger partial charge on any atom is -0.482 e. The predicted octanol–water partition coefficient (Wildman–Crippen LogP) is 7.12. The van der Waals surface area contributed by atoms with Gasteiger partial charge in [0.2, 0.25) is 5.91 Å². The lowest BCUT2D eigenvalue weighted by Crippen LogP contribution is -2.51. The first-order valence-corrected chi connectivity index (χ1v) is 13.6. The molecule has 0 saturated carbocycles. The van der Waals surface area contributed by atoms with E-state index in [2.05, 4.69) is 5.32 Å². The summed E-state index contributed by atoms with van der Waals surface area (Å²) in [6.07, 6.45) is 0.236. The first kappa shape index (κ1) is 29.4. The summed E-state index contributed by atoms with van der Waals surface area (Å²) >= 11 is 18.5. The van der Waals surface area contributed by atoms with Crippen molar-refractivity contribution in [1.29, 1.82) is 0 Å². The van der Waals surface area contributed by atoms with Crippen LogP contribution in [0.1, 0.15) is 16.7 Å². The highest BCUT2D eigenvalue weighted by atomic mass is 35.5. The van der Waals surface area contributed by atoms with Crippen LogP contribution in [0.15, 0.2) is 97.1 Å². The summed E-state index contributed by atoms with van der Waals surface area (Å²) in [6, 6.07) is 26.1. The Morgan fingerprint density at radius 2 is 1.52 bits per heavy atom. The summed E-state index contributed by atoms with van der Waals surface area (Å²) in [4.78, 5) is 28.8. The van der Waals surface area contributed by atoms with Crippen LogP contribution in [0.2, 0.25) is 15.1 Å². The molecule has 9 heteroatoms. The van der Waals surface area contributed by atoms with E-state index in [1.807, 2.05) is 30.3 Å². The number of carbonyl (C=O) groups excluding carboxylic acids is 2. The van der Waals surface area contributed by atoms with Gasteiger partial charge >= 0.3 is 0 Å². The Labute approximate surface area is 247 Å². The maximum Gasteiger partial charge on any atom is 0.261 e. The molecule has 0 bridgehead atoms. The topological polar surface area (TPSA) is 58.6 Å². The third-order valence-electron chi connectivity index (χ3n) is 6.19. The zero-order chi connectivity index (χ0) is 28.5. The average molecular weight is 600 g/mol. The monoisotopic (exact) mass is 598 g/mol. The lowest BCUT2D eigenvalue weighted by Gasteiger charge is -2.31. The van der Waals surface area contributed by atoms with Gasteiger partial charge in [0.05, 0.1) is 5.02 Å². The van der Waals surface area contributed by atoms with Crippen molar-refractivity contribution in [1.82, 2.24) is 10.2 Å². The molecule has 0 aliphatic heterocycles. The third kappa shape index (κ3) is 8.21. The van der Waals surface area contributed by atoms with E-state index >= 15 is 0 Å². The number of para-hydroxylation sites is 1. The van der Waals surface area contributed by atoms with Gasteiger partial charge in [0.1, 0.15) is 17.6 Å². The number of hydrogen-bond acceptors (Lipinski definition) is 3. The predicted molar refractivity (Wildman–Crippen MR) is 156 cm³/mol. The zero-order valence-electron chi connectivity index (χ0n) is 21.3. The standard InChI is InChI=1S/C31H26Cl3FN2O3/c32-24-13-12-23(27(34)17-24)18-36-31(39)28(16-21-6-2-1-3-7-21)37(19-22-10-14-25(35)15-11-22)30(38)20-40-29-9-5-4-8-26(29)33/h1-15,17,28H,16,18-20H2,(H,36,39)/t28-/m0/s1. The van der Waals surface area contributed by atoms with Crippen LogP contribution in [0.25, 0.3) is 0 Å². The minimum atomic E-state index is -0.916. The molecular weight excluding hydrogens is 574 g/mol. The van der Waals surface area contributed by atoms with Crippen LogP contribution in [-0.4, -0.2) is 29.4 Å². The van der Waals surface area contributed by atoms with Crippen LogP contribution < -0.4 is 10.1 Å². The van der Waals surface area contributed by atoms with E-state index in [9.17, 15) is 14.0 Å². The van der Waals surface area contributed by atoms with Gasteiger partial charge in [0.15, 0.2) is 6.61 Å². The molecule has 4 aromatic rings. The number of hydrogen-bond donors (Lipinski definition) is 1. The third-order valence-corrected chi connectivity index (χ3v) is 7.09. The van der Waals surface area contributed by atoms with E-state index in [1.165, 1.54) is 17.0 Å². The Balaban J connectivity index is 1.62. The fraction of sp³-hybridized carbons (Fsp3) is 0.161. The number of benzene rings is 4. The highest BCUT2D eigenvalue weighted by molar-refractivity contribution is 6.35. The van der Waals surface area contributed by atoms with Crippen LogP contribution in [0, 0.1) is 5.82 Å². The van der Waals surface area contributed by atoms with E-state index in [4.69, 9.17) is 39.5 Å². The molecule has 0 fully saturated rings. The Morgan fingerprint density at radius 3 is 2.23 bits per heavy atom. The summed E-state index contributed by atoms with van der Waals surface area (Å²) in [5, 5.41) is 4.17. The van der Waals surface area contributed by atoms with Crippen molar-refractivity contribution < 1.29 is 18.7 Å². The van der Waals surface area contributed by atoms with Gasteiger partial charge in [-0.25, -0.2) is 4.39 Å². The van der Waals surface area contributed by atoms with E-state index in [0.29, 0.717) is 31.9 Å². The summed E-state index contributed by atoms with van der Waals surface area (Å²) < 4.78 is 19.4. The molecule has 0 radical (unpaired) electrons. The van der Waals surface area contributed by atoms with Gasteiger partial charge < -0.3 is 15.0 Å². The van der Waals surface area contributed by atoms with E-state index < -0.39 is 17.8 Å². The SMILES string of the molecule is O=C(NCc1ccc(Cl)cc1Cl)[C@H](Cc1ccccc1)N(Cc1ccc(F)cc1)C(=O)COc1ccccc1Cl. The van der Waals surface area contributed by atoms with Gasteiger partial charge in [-0.1, -0.05) is 95.5 Å². The molecule has 206 valence electrons. The van der Waals surface area contributed by atoms with Crippen molar-refractivity contribution in [2.75, 3.05) is 6.61 Å². The molecule has 1 N–H and O–H groups in total. The highest BCUT2D eigenvalue weighted by Gasteiger charge is 2.31. The van der Waals surface area contributed by atoms with Crippen LogP contribution in [0.4, 0.5) is 4.39 Å².